The van der Waals surface area contributed by atoms with Crippen LogP contribution in [0.2, 0.25) is 0 Å². The molecule has 1 amide bonds. The third-order valence-electron chi connectivity index (χ3n) is 4.47. The van der Waals surface area contributed by atoms with Crippen molar-refractivity contribution in [3.63, 3.8) is 0 Å². The van der Waals surface area contributed by atoms with Gasteiger partial charge >= 0.3 is 0 Å². The molecule has 0 saturated heterocycles. The molecule has 0 bridgehead atoms. The summed E-state index contributed by atoms with van der Waals surface area (Å²) in [5, 5.41) is 6.02. The van der Waals surface area contributed by atoms with Crippen molar-refractivity contribution in [1.82, 2.24) is 15.3 Å². The second-order valence-electron chi connectivity index (χ2n) is 7.88. The monoisotopic (exact) mass is 392 g/mol. The number of anilines is 2. The number of rotatable bonds is 5. The zero-order valence-corrected chi connectivity index (χ0v) is 17.1. The Bertz CT molecular complexity index is 1030. The van der Waals surface area contributed by atoms with Crippen molar-refractivity contribution >= 4 is 17.4 Å². The van der Waals surface area contributed by atoms with Gasteiger partial charge in [0, 0.05) is 23.9 Å². The zero-order valence-electron chi connectivity index (χ0n) is 17.1. The van der Waals surface area contributed by atoms with Crippen LogP contribution in [0.15, 0.2) is 54.6 Å². The molecule has 0 aliphatic carbocycles. The van der Waals surface area contributed by atoms with E-state index < -0.39 is 0 Å². The van der Waals surface area contributed by atoms with Crippen LogP contribution in [0.25, 0.3) is 0 Å². The Morgan fingerprint density at radius 1 is 1.03 bits per heavy atom. The van der Waals surface area contributed by atoms with Gasteiger partial charge in [0.25, 0.3) is 5.91 Å². The molecule has 0 aliphatic heterocycles. The highest BCUT2D eigenvalue weighted by molar-refractivity contribution is 5.93. The van der Waals surface area contributed by atoms with Gasteiger partial charge in [-0.1, -0.05) is 57.2 Å². The van der Waals surface area contributed by atoms with Crippen molar-refractivity contribution in [1.29, 1.82) is 0 Å². The first-order valence-corrected chi connectivity index (χ1v) is 9.48. The first-order valence-electron chi connectivity index (χ1n) is 9.48. The van der Waals surface area contributed by atoms with E-state index in [9.17, 15) is 9.18 Å². The summed E-state index contributed by atoms with van der Waals surface area (Å²) in [5.74, 6) is 0.267. The van der Waals surface area contributed by atoms with E-state index >= 15 is 0 Å². The summed E-state index contributed by atoms with van der Waals surface area (Å²) in [6, 6.07) is 15.9. The Hall–Kier alpha value is -3.28. The third-order valence-corrected chi connectivity index (χ3v) is 4.47. The van der Waals surface area contributed by atoms with Crippen molar-refractivity contribution in [3.8, 4) is 0 Å². The molecule has 0 saturated carbocycles. The smallest absolute Gasteiger partial charge is 0.270 e. The van der Waals surface area contributed by atoms with E-state index in [1.165, 1.54) is 6.07 Å². The summed E-state index contributed by atoms with van der Waals surface area (Å²) < 4.78 is 13.8. The number of aryl methyl sites for hydroxylation is 1. The van der Waals surface area contributed by atoms with Crippen molar-refractivity contribution in [3.05, 3.63) is 83.1 Å². The number of carbonyl (C=O) groups is 1. The molecule has 6 heteroatoms. The van der Waals surface area contributed by atoms with Gasteiger partial charge in [0.1, 0.15) is 23.2 Å². The van der Waals surface area contributed by atoms with Crippen LogP contribution in [-0.2, 0) is 12.0 Å². The molecule has 0 fully saturated rings. The number of halogens is 1. The molecular formula is C23H25FN4O. The molecule has 0 unspecified atom stereocenters. The molecule has 2 aromatic carbocycles. The van der Waals surface area contributed by atoms with Gasteiger partial charge in [-0.25, -0.2) is 14.4 Å². The van der Waals surface area contributed by atoms with Crippen molar-refractivity contribution in [2.45, 2.75) is 39.7 Å². The van der Waals surface area contributed by atoms with E-state index in [4.69, 9.17) is 0 Å². The van der Waals surface area contributed by atoms with Crippen LogP contribution in [0.1, 0.15) is 48.2 Å². The number of hydrogen-bond donors (Lipinski definition) is 2. The average Bonchev–Trinajstić information content (AvgIpc) is 2.66. The predicted molar refractivity (Wildman–Crippen MR) is 113 cm³/mol. The fraction of sp³-hybridized carbons (Fsp3) is 0.261. The standard InChI is InChI=1S/C23H25FN4O/c1-15-26-20(22(29)25-14-16-9-5-7-11-18(16)24)13-21(27-15)28-19-12-8-6-10-17(19)23(2,3)4/h5-13H,14H2,1-4H3,(H,25,29)(H,26,27,28). The molecule has 0 aliphatic rings. The van der Waals surface area contributed by atoms with Crippen LogP contribution >= 0.6 is 0 Å². The number of hydrogen-bond acceptors (Lipinski definition) is 4. The largest absolute Gasteiger partial charge is 0.347 e. The summed E-state index contributed by atoms with van der Waals surface area (Å²) in [6.07, 6.45) is 0. The Kier molecular flexibility index (Phi) is 5.92. The van der Waals surface area contributed by atoms with Gasteiger partial charge in [-0.3, -0.25) is 4.79 Å². The van der Waals surface area contributed by atoms with E-state index in [2.05, 4.69) is 47.4 Å². The minimum Gasteiger partial charge on any atom is -0.347 e. The van der Waals surface area contributed by atoms with Crippen molar-refractivity contribution in [2.24, 2.45) is 0 Å². The van der Waals surface area contributed by atoms with E-state index in [0.717, 1.165) is 11.3 Å². The number of aromatic nitrogens is 2. The molecule has 1 heterocycles. The minimum atomic E-state index is -0.383. The highest BCUT2D eigenvalue weighted by atomic mass is 19.1. The van der Waals surface area contributed by atoms with Gasteiger partial charge in [0.15, 0.2) is 0 Å². The zero-order chi connectivity index (χ0) is 21.0. The lowest BCUT2D eigenvalue weighted by Crippen LogP contribution is -2.25. The summed E-state index contributed by atoms with van der Waals surface area (Å²) in [6.45, 7) is 8.24. The summed E-state index contributed by atoms with van der Waals surface area (Å²) in [5.41, 5.74) is 2.66. The topological polar surface area (TPSA) is 66.9 Å². The number of nitrogens with zero attached hydrogens (tertiary/aromatic N) is 2. The van der Waals surface area contributed by atoms with Crippen LogP contribution in [0.4, 0.5) is 15.9 Å². The van der Waals surface area contributed by atoms with Crippen LogP contribution < -0.4 is 10.6 Å². The molecule has 3 rings (SSSR count). The maximum absolute atomic E-state index is 13.8. The van der Waals surface area contributed by atoms with Gasteiger partial charge in [0.05, 0.1) is 0 Å². The molecule has 0 atom stereocenters. The Morgan fingerprint density at radius 2 is 1.72 bits per heavy atom. The molecule has 3 aromatic rings. The van der Waals surface area contributed by atoms with Crippen LogP contribution in [-0.4, -0.2) is 15.9 Å². The lowest BCUT2D eigenvalue weighted by atomic mass is 9.86. The SMILES string of the molecule is Cc1nc(Nc2ccccc2C(C)(C)C)cc(C(=O)NCc2ccccc2F)n1. The maximum Gasteiger partial charge on any atom is 0.270 e. The first-order chi connectivity index (χ1) is 13.7. The predicted octanol–water partition coefficient (Wildman–Crippen LogP) is 4.90. The lowest BCUT2D eigenvalue weighted by molar-refractivity contribution is 0.0945. The fourth-order valence-corrected chi connectivity index (χ4v) is 3.04. The quantitative estimate of drug-likeness (QED) is 0.648. The van der Waals surface area contributed by atoms with E-state index in [1.807, 2.05) is 18.2 Å². The number of para-hydroxylation sites is 1. The Morgan fingerprint density at radius 3 is 2.45 bits per heavy atom. The molecule has 1 aromatic heterocycles. The highest BCUT2D eigenvalue weighted by Gasteiger charge is 2.18. The Balaban J connectivity index is 1.80. The van der Waals surface area contributed by atoms with Crippen molar-refractivity contribution in [2.75, 3.05) is 5.32 Å². The average molecular weight is 392 g/mol. The van der Waals surface area contributed by atoms with Crippen LogP contribution in [0.5, 0.6) is 0 Å². The Labute approximate surface area is 170 Å². The van der Waals surface area contributed by atoms with Gasteiger partial charge < -0.3 is 10.6 Å². The van der Waals surface area contributed by atoms with Gasteiger partial charge in [-0.15, -0.1) is 0 Å². The number of carbonyl (C=O) groups excluding carboxylic acids is 1. The number of benzene rings is 2. The fourth-order valence-electron chi connectivity index (χ4n) is 3.04. The summed E-state index contributed by atoms with van der Waals surface area (Å²) >= 11 is 0. The number of nitrogens with one attached hydrogen (secondary N) is 2. The third kappa shape index (κ3) is 5.16. The van der Waals surface area contributed by atoms with Gasteiger partial charge in [0.2, 0.25) is 0 Å². The first kappa shape index (κ1) is 20.5. The van der Waals surface area contributed by atoms with E-state index in [-0.39, 0.29) is 29.4 Å². The van der Waals surface area contributed by atoms with Gasteiger partial charge in [-0.05, 0) is 30.0 Å². The molecule has 5 nitrogen and oxygen atoms in total. The lowest BCUT2D eigenvalue weighted by Gasteiger charge is -2.23. The molecule has 0 spiro atoms. The van der Waals surface area contributed by atoms with E-state index in [0.29, 0.717) is 17.2 Å². The highest BCUT2D eigenvalue weighted by Crippen LogP contribution is 2.30. The van der Waals surface area contributed by atoms with Crippen molar-refractivity contribution < 1.29 is 9.18 Å². The second kappa shape index (κ2) is 8.39. The summed E-state index contributed by atoms with van der Waals surface area (Å²) in [7, 11) is 0. The molecule has 0 radical (unpaired) electrons. The summed E-state index contributed by atoms with van der Waals surface area (Å²) in [4.78, 5) is 21.2. The van der Waals surface area contributed by atoms with Gasteiger partial charge in [-0.2, -0.15) is 0 Å². The maximum atomic E-state index is 13.8. The molecule has 29 heavy (non-hydrogen) atoms. The van der Waals surface area contributed by atoms with Crippen LogP contribution in [0.3, 0.4) is 0 Å². The number of amides is 1. The molecule has 2 N–H and O–H groups in total. The van der Waals surface area contributed by atoms with Crippen LogP contribution in [0, 0.1) is 12.7 Å². The molecular weight excluding hydrogens is 367 g/mol. The molecule has 150 valence electrons. The normalized spacial score (nSPS) is 11.2. The second-order valence-corrected chi connectivity index (χ2v) is 7.88. The minimum absolute atomic E-state index is 0.0500. The van der Waals surface area contributed by atoms with E-state index in [1.54, 1.807) is 31.2 Å².